The lowest BCUT2D eigenvalue weighted by molar-refractivity contribution is -0.136. The predicted octanol–water partition coefficient (Wildman–Crippen LogP) is 3.00. The van der Waals surface area contributed by atoms with Crippen molar-refractivity contribution in [3.8, 4) is 0 Å². The molecule has 0 spiro atoms. The number of nitrogens with zero attached hydrogens (tertiary/aromatic N) is 1. The van der Waals surface area contributed by atoms with Gasteiger partial charge >= 0.3 is 5.97 Å². The molecule has 0 unspecified atom stereocenters. The van der Waals surface area contributed by atoms with Crippen LogP contribution in [0.25, 0.3) is 0 Å². The Bertz CT molecular complexity index is 697. The monoisotopic (exact) mass is 324 g/mol. The number of rotatable bonds is 8. The van der Waals surface area contributed by atoms with E-state index in [2.05, 4.69) is 10.5 Å². The average molecular weight is 324 g/mol. The molecule has 5 nitrogen and oxygen atoms in total. The fraction of sp³-hybridized carbons (Fsp3) is 0.211. The van der Waals surface area contributed by atoms with Gasteiger partial charge in [-0.2, -0.15) is 5.10 Å². The van der Waals surface area contributed by atoms with Crippen molar-refractivity contribution in [1.29, 1.82) is 0 Å². The molecule has 0 heterocycles. The highest BCUT2D eigenvalue weighted by atomic mass is 16.4. The van der Waals surface area contributed by atoms with E-state index in [-0.39, 0.29) is 18.7 Å². The van der Waals surface area contributed by atoms with E-state index in [0.717, 1.165) is 11.1 Å². The maximum Gasteiger partial charge on any atom is 0.303 e. The summed E-state index contributed by atoms with van der Waals surface area (Å²) in [7, 11) is 0. The summed E-state index contributed by atoms with van der Waals surface area (Å²) in [5.74, 6) is -1.09. The van der Waals surface area contributed by atoms with E-state index in [9.17, 15) is 9.59 Å². The molecule has 0 radical (unpaired) electrons. The van der Waals surface area contributed by atoms with Crippen LogP contribution in [0.2, 0.25) is 0 Å². The fourth-order valence-electron chi connectivity index (χ4n) is 2.21. The third kappa shape index (κ3) is 6.04. The van der Waals surface area contributed by atoms with E-state index >= 15 is 0 Å². The van der Waals surface area contributed by atoms with Gasteiger partial charge in [-0.05, 0) is 17.5 Å². The zero-order valence-electron chi connectivity index (χ0n) is 13.3. The number of hydrogen-bond donors (Lipinski definition) is 2. The van der Waals surface area contributed by atoms with Gasteiger partial charge in [0.2, 0.25) is 5.91 Å². The SMILES string of the molecule is O=C(O)CCC(=NNC(=O)CCc1ccccc1)c1ccccc1. The second kappa shape index (κ2) is 9.25. The van der Waals surface area contributed by atoms with Crippen molar-refractivity contribution in [1.82, 2.24) is 5.43 Å². The van der Waals surface area contributed by atoms with Crippen LogP contribution < -0.4 is 5.43 Å². The van der Waals surface area contributed by atoms with Crippen molar-refractivity contribution in [3.05, 3.63) is 71.8 Å². The number of carbonyl (C=O) groups excluding carboxylic acids is 1. The summed E-state index contributed by atoms with van der Waals surface area (Å²) in [6.07, 6.45) is 1.19. The molecular formula is C19H20N2O3. The fourth-order valence-corrected chi connectivity index (χ4v) is 2.21. The van der Waals surface area contributed by atoms with E-state index in [1.165, 1.54) is 0 Å². The molecule has 0 aliphatic rings. The van der Waals surface area contributed by atoms with Crippen molar-refractivity contribution < 1.29 is 14.7 Å². The number of carbonyl (C=O) groups is 2. The number of carboxylic acid groups (broad SMARTS) is 1. The number of hydrazone groups is 1. The van der Waals surface area contributed by atoms with Gasteiger partial charge in [-0.3, -0.25) is 9.59 Å². The van der Waals surface area contributed by atoms with Crippen LogP contribution in [-0.4, -0.2) is 22.7 Å². The molecule has 2 aromatic rings. The summed E-state index contributed by atoms with van der Waals surface area (Å²) in [5, 5.41) is 13.0. The van der Waals surface area contributed by atoms with Gasteiger partial charge in [-0.25, -0.2) is 5.43 Å². The van der Waals surface area contributed by atoms with E-state index in [1.54, 1.807) is 0 Å². The Morgan fingerprint density at radius 3 is 2.12 bits per heavy atom. The van der Waals surface area contributed by atoms with Gasteiger partial charge < -0.3 is 5.11 Å². The average Bonchev–Trinajstić information content (AvgIpc) is 2.61. The van der Waals surface area contributed by atoms with Crippen LogP contribution in [0.1, 0.15) is 30.4 Å². The largest absolute Gasteiger partial charge is 0.481 e. The van der Waals surface area contributed by atoms with Gasteiger partial charge in [-0.1, -0.05) is 60.7 Å². The van der Waals surface area contributed by atoms with Gasteiger partial charge in [0.15, 0.2) is 0 Å². The molecule has 124 valence electrons. The Balaban J connectivity index is 1.95. The van der Waals surface area contributed by atoms with Crippen molar-refractivity contribution in [2.75, 3.05) is 0 Å². The molecule has 0 atom stereocenters. The van der Waals surface area contributed by atoms with Crippen LogP contribution in [0.15, 0.2) is 65.8 Å². The highest BCUT2D eigenvalue weighted by Gasteiger charge is 2.08. The second-order valence-electron chi connectivity index (χ2n) is 5.34. The maximum absolute atomic E-state index is 12.0. The number of amides is 1. The maximum atomic E-state index is 12.0. The topological polar surface area (TPSA) is 78.8 Å². The van der Waals surface area contributed by atoms with Gasteiger partial charge in [-0.15, -0.1) is 0 Å². The summed E-state index contributed by atoms with van der Waals surface area (Å²) in [6, 6.07) is 19.0. The first-order valence-corrected chi connectivity index (χ1v) is 7.81. The number of aliphatic carboxylic acids is 1. The standard InChI is InChI=1S/C19H20N2O3/c22-18(13-11-15-7-3-1-4-8-15)21-20-17(12-14-19(23)24)16-9-5-2-6-10-16/h1-10H,11-14H2,(H,21,22)(H,23,24). The lowest BCUT2D eigenvalue weighted by atomic mass is 10.1. The second-order valence-corrected chi connectivity index (χ2v) is 5.34. The molecule has 0 aliphatic heterocycles. The van der Waals surface area contributed by atoms with Crippen LogP contribution in [0.4, 0.5) is 0 Å². The number of nitrogens with one attached hydrogen (secondary N) is 1. The third-order valence-corrected chi connectivity index (χ3v) is 3.48. The highest BCUT2D eigenvalue weighted by Crippen LogP contribution is 2.07. The molecular weight excluding hydrogens is 304 g/mol. The van der Waals surface area contributed by atoms with E-state index in [4.69, 9.17) is 5.11 Å². The quantitative estimate of drug-likeness (QED) is 0.579. The third-order valence-electron chi connectivity index (χ3n) is 3.48. The number of carboxylic acids is 1. The van der Waals surface area contributed by atoms with E-state index in [1.807, 2.05) is 60.7 Å². The van der Waals surface area contributed by atoms with Crippen LogP contribution in [0, 0.1) is 0 Å². The summed E-state index contributed by atoms with van der Waals surface area (Å²) < 4.78 is 0. The molecule has 1 amide bonds. The minimum atomic E-state index is -0.894. The van der Waals surface area contributed by atoms with Crippen molar-refractivity contribution >= 4 is 17.6 Å². The van der Waals surface area contributed by atoms with E-state index in [0.29, 0.717) is 18.6 Å². The van der Waals surface area contributed by atoms with E-state index < -0.39 is 5.97 Å². The number of hydrogen-bond acceptors (Lipinski definition) is 3. The van der Waals surface area contributed by atoms with Crippen molar-refractivity contribution in [2.24, 2.45) is 5.10 Å². The Kier molecular flexibility index (Phi) is 6.71. The molecule has 2 aromatic carbocycles. The highest BCUT2D eigenvalue weighted by molar-refractivity contribution is 6.02. The molecule has 2 rings (SSSR count). The zero-order chi connectivity index (χ0) is 17.2. The smallest absolute Gasteiger partial charge is 0.303 e. The first-order valence-electron chi connectivity index (χ1n) is 7.81. The van der Waals surface area contributed by atoms with Gasteiger partial charge in [0.25, 0.3) is 0 Å². The minimum Gasteiger partial charge on any atom is -0.481 e. The normalized spacial score (nSPS) is 11.1. The van der Waals surface area contributed by atoms with Crippen LogP contribution in [-0.2, 0) is 16.0 Å². The molecule has 0 bridgehead atoms. The Morgan fingerprint density at radius 2 is 1.50 bits per heavy atom. The lowest BCUT2D eigenvalue weighted by Crippen LogP contribution is -2.20. The predicted molar refractivity (Wildman–Crippen MR) is 92.8 cm³/mol. The molecule has 0 aliphatic carbocycles. The van der Waals surface area contributed by atoms with Crippen molar-refractivity contribution in [3.63, 3.8) is 0 Å². The molecule has 24 heavy (non-hydrogen) atoms. The molecule has 0 saturated carbocycles. The zero-order valence-corrected chi connectivity index (χ0v) is 13.3. The first kappa shape index (κ1) is 17.4. The van der Waals surface area contributed by atoms with Crippen LogP contribution >= 0.6 is 0 Å². The summed E-state index contributed by atoms with van der Waals surface area (Å²) >= 11 is 0. The molecule has 0 saturated heterocycles. The Labute approximate surface area is 141 Å². The molecule has 2 N–H and O–H groups in total. The lowest BCUT2D eigenvalue weighted by Gasteiger charge is -2.07. The van der Waals surface area contributed by atoms with Gasteiger partial charge in [0.05, 0.1) is 12.1 Å². The summed E-state index contributed by atoms with van der Waals surface area (Å²) in [5.41, 5.74) is 4.99. The summed E-state index contributed by atoms with van der Waals surface area (Å²) in [6.45, 7) is 0. The van der Waals surface area contributed by atoms with Crippen molar-refractivity contribution in [2.45, 2.75) is 25.7 Å². The van der Waals surface area contributed by atoms with Gasteiger partial charge in [0.1, 0.15) is 0 Å². The van der Waals surface area contributed by atoms with Crippen LogP contribution in [0.5, 0.6) is 0 Å². The molecule has 0 fully saturated rings. The summed E-state index contributed by atoms with van der Waals surface area (Å²) in [4.78, 5) is 22.7. The molecule has 5 heteroatoms. The van der Waals surface area contributed by atoms with Crippen LogP contribution in [0.3, 0.4) is 0 Å². The first-order chi connectivity index (χ1) is 11.6. The number of aryl methyl sites for hydroxylation is 1. The number of benzene rings is 2. The Morgan fingerprint density at radius 1 is 0.875 bits per heavy atom. The minimum absolute atomic E-state index is 0.0341. The molecule has 0 aromatic heterocycles. The van der Waals surface area contributed by atoms with Gasteiger partial charge in [0, 0.05) is 12.8 Å². The Hall–Kier alpha value is -2.95.